The van der Waals surface area contributed by atoms with Crippen molar-refractivity contribution in [1.82, 2.24) is 0 Å². The maximum Gasteiger partial charge on any atom is 0.124 e. The summed E-state index contributed by atoms with van der Waals surface area (Å²) in [6.45, 7) is 7.17. The van der Waals surface area contributed by atoms with Gasteiger partial charge in [-0.15, -0.1) is 0 Å². The van der Waals surface area contributed by atoms with Gasteiger partial charge in [0.25, 0.3) is 0 Å². The standard InChI is InChI=1S/C17H25FN2O/c1-11-4-15(9-17(2,3)8-11)21-10-12-5-13(16(19)20)7-14(18)6-12/h5-7,11,15H,4,8-10H2,1-3H3,(H3,19,20). The summed E-state index contributed by atoms with van der Waals surface area (Å²) in [6.07, 6.45) is 3.53. The molecular formula is C17H25FN2O. The zero-order chi connectivity index (χ0) is 15.6. The summed E-state index contributed by atoms with van der Waals surface area (Å²) in [5.41, 5.74) is 6.86. The van der Waals surface area contributed by atoms with Gasteiger partial charge in [-0.05, 0) is 54.4 Å². The molecule has 0 aliphatic heterocycles. The lowest BCUT2D eigenvalue weighted by Crippen LogP contribution is -2.32. The molecule has 21 heavy (non-hydrogen) atoms. The third-order valence-electron chi connectivity index (χ3n) is 4.10. The second kappa shape index (κ2) is 6.14. The Balaban J connectivity index is 2.01. The number of nitrogens with one attached hydrogen (secondary N) is 1. The van der Waals surface area contributed by atoms with E-state index >= 15 is 0 Å². The van der Waals surface area contributed by atoms with Gasteiger partial charge in [0.15, 0.2) is 0 Å². The average molecular weight is 292 g/mol. The first kappa shape index (κ1) is 16.0. The van der Waals surface area contributed by atoms with Gasteiger partial charge in [-0.25, -0.2) is 4.39 Å². The Morgan fingerprint density at radius 3 is 2.71 bits per heavy atom. The molecule has 116 valence electrons. The van der Waals surface area contributed by atoms with Crippen molar-refractivity contribution in [3.8, 4) is 0 Å². The molecule has 2 atom stereocenters. The van der Waals surface area contributed by atoms with Crippen LogP contribution < -0.4 is 5.73 Å². The Kier molecular flexibility index (Phi) is 4.67. The van der Waals surface area contributed by atoms with E-state index in [0.29, 0.717) is 23.5 Å². The van der Waals surface area contributed by atoms with E-state index in [1.165, 1.54) is 18.6 Å². The molecule has 0 amide bonds. The fourth-order valence-electron chi connectivity index (χ4n) is 3.49. The predicted octanol–water partition coefficient (Wildman–Crippen LogP) is 3.84. The topological polar surface area (TPSA) is 59.1 Å². The summed E-state index contributed by atoms with van der Waals surface area (Å²) >= 11 is 0. The lowest BCUT2D eigenvalue weighted by Gasteiger charge is -2.38. The first-order valence-corrected chi connectivity index (χ1v) is 7.51. The molecular weight excluding hydrogens is 267 g/mol. The third-order valence-corrected chi connectivity index (χ3v) is 4.10. The van der Waals surface area contributed by atoms with Gasteiger partial charge in [0.05, 0.1) is 12.7 Å². The molecule has 0 radical (unpaired) electrons. The summed E-state index contributed by atoms with van der Waals surface area (Å²) in [5.74, 6) is 0.154. The number of ether oxygens (including phenoxy) is 1. The molecule has 3 nitrogen and oxygen atoms in total. The number of hydrogen-bond acceptors (Lipinski definition) is 2. The van der Waals surface area contributed by atoms with Crippen LogP contribution in [0.2, 0.25) is 0 Å². The van der Waals surface area contributed by atoms with Crippen LogP contribution in [0.1, 0.15) is 51.2 Å². The van der Waals surface area contributed by atoms with Crippen LogP contribution in [0.5, 0.6) is 0 Å². The van der Waals surface area contributed by atoms with E-state index < -0.39 is 0 Å². The van der Waals surface area contributed by atoms with Crippen molar-refractivity contribution < 1.29 is 9.13 Å². The first-order chi connectivity index (χ1) is 9.75. The Bertz CT molecular complexity index is 528. The third kappa shape index (κ3) is 4.53. The van der Waals surface area contributed by atoms with Gasteiger partial charge in [-0.3, -0.25) is 5.41 Å². The van der Waals surface area contributed by atoms with Gasteiger partial charge >= 0.3 is 0 Å². The number of rotatable bonds is 4. The van der Waals surface area contributed by atoms with E-state index in [-0.39, 0.29) is 17.8 Å². The maximum absolute atomic E-state index is 13.5. The molecule has 2 unspecified atom stereocenters. The van der Waals surface area contributed by atoms with Crippen LogP contribution in [0, 0.1) is 22.6 Å². The molecule has 1 aliphatic carbocycles. The monoisotopic (exact) mass is 292 g/mol. The zero-order valence-corrected chi connectivity index (χ0v) is 13.1. The van der Waals surface area contributed by atoms with Crippen molar-refractivity contribution in [1.29, 1.82) is 5.41 Å². The van der Waals surface area contributed by atoms with Gasteiger partial charge in [0, 0.05) is 5.56 Å². The van der Waals surface area contributed by atoms with Crippen LogP contribution >= 0.6 is 0 Å². The lowest BCUT2D eigenvalue weighted by atomic mass is 9.71. The smallest absolute Gasteiger partial charge is 0.124 e. The molecule has 0 saturated heterocycles. The van der Waals surface area contributed by atoms with Crippen LogP contribution in [-0.2, 0) is 11.3 Å². The molecule has 1 aromatic rings. The van der Waals surface area contributed by atoms with Crippen LogP contribution in [0.15, 0.2) is 18.2 Å². The number of hydrogen-bond donors (Lipinski definition) is 2. The minimum absolute atomic E-state index is 0.122. The van der Waals surface area contributed by atoms with Crippen LogP contribution in [-0.4, -0.2) is 11.9 Å². The zero-order valence-electron chi connectivity index (χ0n) is 13.1. The molecule has 1 saturated carbocycles. The second-order valence-electron chi connectivity index (χ2n) is 7.11. The van der Waals surface area contributed by atoms with Crippen molar-refractivity contribution >= 4 is 5.84 Å². The highest BCUT2D eigenvalue weighted by molar-refractivity contribution is 5.95. The van der Waals surface area contributed by atoms with Crippen molar-refractivity contribution in [3.05, 3.63) is 35.1 Å². The van der Waals surface area contributed by atoms with Crippen LogP contribution in [0.4, 0.5) is 4.39 Å². The second-order valence-corrected chi connectivity index (χ2v) is 7.11. The van der Waals surface area contributed by atoms with Gasteiger partial charge < -0.3 is 10.5 Å². The minimum atomic E-state index is -0.376. The molecule has 3 N–H and O–H groups in total. The summed E-state index contributed by atoms with van der Waals surface area (Å²) in [5, 5.41) is 7.41. The van der Waals surface area contributed by atoms with Gasteiger partial charge in [-0.2, -0.15) is 0 Å². The summed E-state index contributed by atoms with van der Waals surface area (Å²) in [4.78, 5) is 0. The number of amidine groups is 1. The summed E-state index contributed by atoms with van der Waals surface area (Å²) < 4.78 is 19.5. The Labute approximate surface area is 126 Å². The van der Waals surface area contributed by atoms with Crippen LogP contribution in [0.25, 0.3) is 0 Å². The summed E-state index contributed by atoms with van der Waals surface area (Å²) in [6, 6.07) is 4.45. The number of nitrogens with two attached hydrogens (primary N) is 1. The van der Waals surface area contributed by atoms with Crippen molar-refractivity contribution in [2.75, 3.05) is 0 Å². The van der Waals surface area contributed by atoms with E-state index in [1.807, 2.05) is 0 Å². The van der Waals surface area contributed by atoms with Crippen molar-refractivity contribution in [2.24, 2.45) is 17.1 Å². The molecule has 2 rings (SSSR count). The van der Waals surface area contributed by atoms with Crippen molar-refractivity contribution in [3.63, 3.8) is 0 Å². The van der Waals surface area contributed by atoms with E-state index in [0.717, 1.165) is 18.4 Å². The highest BCUT2D eigenvalue weighted by Gasteiger charge is 2.32. The SMILES string of the molecule is CC1CC(OCc2cc(F)cc(C(=N)N)c2)CC(C)(C)C1. The molecule has 1 aliphatic rings. The number of nitrogen functional groups attached to an aromatic ring is 1. The lowest BCUT2D eigenvalue weighted by molar-refractivity contribution is -0.0316. The minimum Gasteiger partial charge on any atom is -0.384 e. The Morgan fingerprint density at radius 2 is 2.10 bits per heavy atom. The molecule has 0 bridgehead atoms. The van der Waals surface area contributed by atoms with Gasteiger partial charge in [0.2, 0.25) is 0 Å². The van der Waals surface area contributed by atoms with E-state index in [1.54, 1.807) is 6.07 Å². The van der Waals surface area contributed by atoms with Gasteiger partial charge in [0.1, 0.15) is 11.7 Å². The van der Waals surface area contributed by atoms with E-state index in [9.17, 15) is 4.39 Å². The molecule has 0 aromatic heterocycles. The Morgan fingerprint density at radius 1 is 1.38 bits per heavy atom. The molecule has 4 heteroatoms. The molecule has 0 heterocycles. The average Bonchev–Trinajstić information content (AvgIpc) is 2.33. The maximum atomic E-state index is 13.5. The van der Waals surface area contributed by atoms with E-state index in [2.05, 4.69) is 20.8 Å². The highest BCUT2D eigenvalue weighted by atomic mass is 19.1. The number of halogens is 1. The molecule has 1 fully saturated rings. The van der Waals surface area contributed by atoms with Gasteiger partial charge in [-0.1, -0.05) is 20.8 Å². The van der Waals surface area contributed by atoms with Crippen LogP contribution in [0.3, 0.4) is 0 Å². The molecule has 1 aromatic carbocycles. The summed E-state index contributed by atoms with van der Waals surface area (Å²) in [7, 11) is 0. The normalized spacial score (nSPS) is 24.8. The fourth-order valence-corrected chi connectivity index (χ4v) is 3.49. The predicted molar refractivity (Wildman–Crippen MR) is 82.8 cm³/mol. The quantitative estimate of drug-likeness (QED) is 0.654. The number of benzene rings is 1. The fraction of sp³-hybridized carbons (Fsp3) is 0.588. The van der Waals surface area contributed by atoms with E-state index in [4.69, 9.17) is 15.9 Å². The highest BCUT2D eigenvalue weighted by Crippen LogP contribution is 2.39. The Hall–Kier alpha value is -1.42. The first-order valence-electron chi connectivity index (χ1n) is 7.51. The van der Waals surface area contributed by atoms with Crippen molar-refractivity contribution in [2.45, 2.75) is 52.7 Å². The molecule has 0 spiro atoms. The largest absolute Gasteiger partial charge is 0.384 e.